The lowest BCUT2D eigenvalue weighted by Crippen LogP contribution is -1.98. The van der Waals surface area contributed by atoms with Gasteiger partial charge in [0.2, 0.25) is 0 Å². The lowest BCUT2D eigenvalue weighted by molar-refractivity contribution is 0.447. The van der Waals surface area contributed by atoms with Gasteiger partial charge < -0.3 is 0 Å². The van der Waals surface area contributed by atoms with Gasteiger partial charge in [0.15, 0.2) is 0 Å². The van der Waals surface area contributed by atoms with Crippen molar-refractivity contribution in [1.82, 2.24) is 0 Å². The molecule has 0 saturated carbocycles. The molecule has 0 amide bonds. The van der Waals surface area contributed by atoms with Crippen molar-refractivity contribution in [2.75, 3.05) is 6.67 Å². The molecule has 0 aliphatic heterocycles. The monoisotopic (exact) mass is 218 g/mol. The number of rotatable bonds is 5. The Hall–Kier alpha value is -1.29. The number of aryl methyl sites for hydroxylation is 1. The van der Waals surface area contributed by atoms with E-state index < -0.39 is 0 Å². The summed E-state index contributed by atoms with van der Waals surface area (Å²) in [6.07, 6.45) is 8.75. The molecular weight excluding hydrogens is 199 g/mol. The average Bonchev–Trinajstić information content (AvgIpc) is 2.34. The second kappa shape index (κ2) is 6.33. The third-order valence-corrected chi connectivity index (χ3v) is 2.80. The van der Waals surface area contributed by atoms with E-state index in [-0.39, 0.29) is 12.6 Å². The van der Waals surface area contributed by atoms with Crippen LogP contribution in [0.5, 0.6) is 0 Å². The second-order valence-electron chi connectivity index (χ2n) is 4.27. The van der Waals surface area contributed by atoms with Crippen LogP contribution in [0.4, 0.5) is 4.39 Å². The smallest absolute Gasteiger partial charge is 0.0960 e. The molecule has 86 valence electrons. The third-order valence-electron chi connectivity index (χ3n) is 2.80. The molecule has 0 saturated heterocycles. The number of alkyl halides is 1. The summed E-state index contributed by atoms with van der Waals surface area (Å²) in [5.41, 5.74) is 3.11. The topological polar surface area (TPSA) is 0 Å². The van der Waals surface area contributed by atoms with Crippen molar-refractivity contribution >= 4 is 0 Å². The largest absolute Gasteiger partial charge is 0.250 e. The maximum absolute atomic E-state index is 12.6. The minimum Gasteiger partial charge on any atom is -0.250 e. The molecule has 1 atom stereocenters. The molecular formula is C15H19F. The van der Waals surface area contributed by atoms with Crippen molar-refractivity contribution in [2.24, 2.45) is 0 Å². The fraction of sp³-hybridized carbons (Fsp3) is 0.467. The van der Waals surface area contributed by atoms with Gasteiger partial charge >= 0.3 is 0 Å². The Morgan fingerprint density at radius 3 is 2.69 bits per heavy atom. The van der Waals surface area contributed by atoms with Crippen LogP contribution in [0.15, 0.2) is 18.2 Å². The van der Waals surface area contributed by atoms with Crippen LogP contribution in [-0.4, -0.2) is 6.67 Å². The molecule has 0 fully saturated rings. The van der Waals surface area contributed by atoms with E-state index in [2.05, 4.69) is 18.9 Å². The zero-order chi connectivity index (χ0) is 12.0. The summed E-state index contributed by atoms with van der Waals surface area (Å²) in [6.45, 7) is 3.72. The highest BCUT2D eigenvalue weighted by Gasteiger charge is 2.07. The van der Waals surface area contributed by atoms with Crippen molar-refractivity contribution < 1.29 is 4.39 Å². The standard InChI is InChI=1S/C15H19F/c1-4-6-7-14-8-13(5-2)9-15(10-14)12(3)11-16/h2,8-10,12H,4,6-7,11H2,1,3H3. The number of hydrogen-bond acceptors (Lipinski definition) is 0. The van der Waals surface area contributed by atoms with Crippen LogP contribution in [0.25, 0.3) is 0 Å². The van der Waals surface area contributed by atoms with Crippen LogP contribution in [0.3, 0.4) is 0 Å². The first-order valence-electron chi connectivity index (χ1n) is 5.87. The van der Waals surface area contributed by atoms with E-state index in [1.807, 2.05) is 19.1 Å². The zero-order valence-electron chi connectivity index (χ0n) is 10.1. The van der Waals surface area contributed by atoms with E-state index in [0.717, 1.165) is 30.4 Å². The Bertz CT molecular complexity index is 374. The van der Waals surface area contributed by atoms with Crippen molar-refractivity contribution in [2.45, 2.75) is 39.0 Å². The third kappa shape index (κ3) is 3.38. The summed E-state index contributed by atoms with van der Waals surface area (Å²) in [6, 6.07) is 6.03. The van der Waals surface area contributed by atoms with Crippen molar-refractivity contribution in [3.05, 3.63) is 34.9 Å². The van der Waals surface area contributed by atoms with E-state index in [9.17, 15) is 4.39 Å². The van der Waals surface area contributed by atoms with Gasteiger partial charge in [-0.2, -0.15) is 0 Å². The minimum absolute atomic E-state index is 0.0614. The molecule has 0 N–H and O–H groups in total. The summed E-state index contributed by atoms with van der Waals surface area (Å²) in [4.78, 5) is 0. The van der Waals surface area contributed by atoms with Gasteiger partial charge in [-0.05, 0) is 36.1 Å². The summed E-state index contributed by atoms with van der Waals surface area (Å²) in [5, 5.41) is 0. The van der Waals surface area contributed by atoms with Crippen molar-refractivity contribution in [1.29, 1.82) is 0 Å². The van der Waals surface area contributed by atoms with Gasteiger partial charge in [-0.3, -0.25) is 4.39 Å². The van der Waals surface area contributed by atoms with Gasteiger partial charge in [0, 0.05) is 11.5 Å². The molecule has 0 heterocycles. The van der Waals surface area contributed by atoms with Gasteiger partial charge in [-0.15, -0.1) is 6.42 Å². The molecule has 16 heavy (non-hydrogen) atoms. The predicted octanol–water partition coefficient (Wildman–Crippen LogP) is 4.08. The van der Waals surface area contributed by atoms with Gasteiger partial charge in [-0.1, -0.05) is 32.3 Å². The molecule has 1 unspecified atom stereocenters. The Kier molecular flexibility index (Phi) is 5.05. The maximum atomic E-state index is 12.6. The normalized spacial score (nSPS) is 12.1. The van der Waals surface area contributed by atoms with Gasteiger partial charge in [0.1, 0.15) is 0 Å². The van der Waals surface area contributed by atoms with E-state index in [0.29, 0.717) is 0 Å². The molecule has 0 nitrogen and oxygen atoms in total. The van der Waals surface area contributed by atoms with Crippen LogP contribution >= 0.6 is 0 Å². The fourth-order valence-corrected chi connectivity index (χ4v) is 1.70. The number of halogens is 1. The lowest BCUT2D eigenvalue weighted by atomic mass is 9.95. The highest BCUT2D eigenvalue weighted by atomic mass is 19.1. The summed E-state index contributed by atoms with van der Waals surface area (Å²) >= 11 is 0. The molecule has 1 heteroatoms. The first-order valence-corrected chi connectivity index (χ1v) is 5.87. The van der Waals surface area contributed by atoms with E-state index >= 15 is 0 Å². The number of hydrogen-bond donors (Lipinski definition) is 0. The Balaban J connectivity index is 2.97. The zero-order valence-corrected chi connectivity index (χ0v) is 10.1. The lowest BCUT2D eigenvalue weighted by Gasteiger charge is -2.10. The van der Waals surface area contributed by atoms with Crippen LogP contribution < -0.4 is 0 Å². The highest BCUT2D eigenvalue weighted by molar-refractivity contribution is 5.40. The Morgan fingerprint density at radius 1 is 1.38 bits per heavy atom. The maximum Gasteiger partial charge on any atom is 0.0960 e. The van der Waals surface area contributed by atoms with Crippen LogP contribution in [0, 0.1) is 12.3 Å². The quantitative estimate of drug-likeness (QED) is 0.653. The molecule has 0 spiro atoms. The van der Waals surface area contributed by atoms with Gasteiger partial charge in [-0.25, -0.2) is 0 Å². The summed E-state index contributed by atoms with van der Waals surface area (Å²) in [7, 11) is 0. The summed E-state index contributed by atoms with van der Waals surface area (Å²) in [5.74, 6) is 2.58. The molecule has 0 aliphatic carbocycles. The van der Waals surface area contributed by atoms with E-state index in [1.54, 1.807) is 0 Å². The Morgan fingerprint density at radius 2 is 2.12 bits per heavy atom. The molecule has 0 aromatic heterocycles. The SMILES string of the molecule is C#Cc1cc(CCCC)cc(C(C)CF)c1. The Labute approximate surface area is 97.9 Å². The predicted molar refractivity (Wildman–Crippen MR) is 67.4 cm³/mol. The molecule has 1 rings (SSSR count). The van der Waals surface area contributed by atoms with Crippen LogP contribution in [0.1, 0.15) is 49.3 Å². The van der Waals surface area contributed by atoms with Crippen LogP contribution in [-0.2, 0) is 6.42 Å². The first kappa shape index (κ1) is 12.8. The number of benzene rings is 1. The van der Waals surface area contributed by atoms with E-state index in [1.165, 1.54) is 5.56 Å². The number of unbranched alkanes of at least 4 members (excludes halogenated alkanes) is 1. The summed E-state index contributed by atoms with van der Waals surface area (Å²) < 4.78 is 12.6. The molecule has 0 aliphatic rings. The van der Waals surface area contributed by atoms with Crippen molar-refractivity contribution in [3.63, 3.8) is 0 Å². The molecule has 1 aromatic carbocycles. The van der Waals surface area contributed by atoms with Gasteiger partial charge in [0.25, 0.3) is 0 Å². The highest BCUT2D eigenvalue weighted by Crippen LogP contribution is 2.20. The molecule has 0 bridgehead atoms. The second-order valence-corrected chi connectivity index (χ2v) is 4.27. The molecule has 0 radical (unpaired) electrons. The van der Waals surface area contributed by atoms with Crippen LogP contribution in [0.2, 0.25) is 0 Å². The first-order chi connectivity index (χ1) is 7.71. The molecule has 1 aromatic rings. The number of terminal acetylenes is 1. The fourth-order valence-electron chi connectivity index (χ4n) is 1.70. The minimum atomic E-state index is -0.332. The average molecular weight is 218 g/mol. The van der Waals surface area contributed by atoms with Crippen molar-refractivity contribution in [3.8, 4) is 12.3 Å². The van der Waals surface area contributed by atoms with Gasteiger partial charge in [0.05, 0.1) is 6.67 Å². The van der Waals surface area contributed by atoms with E-state index in [4.69, 9.17) is 6.42 Å².